The molecule has 1 aromatic heterocycles. The molecule has 0 saturated heterocycles. The zero-order valence-corrected chi connectivity index (χ0v) is 10.8. The van der Waals surface area contributed by atoms with Crippen LogP contribution in [0.4, 0.5) is 0 Å². The fourth-order valence-corrected chi connectivity index (χ4v) is 2.16. The molecule has 3 rings (SSSR count). The normalized spacial score (nSPS) is 14.0. The standard InChI is InChI=1S/C16H13N2O/c1-11-4-3-5-15(8-11)18-16-7-6-13(12(2)19)9-14(16)10-17-18/h4-10H,1-2H3/q+1. The molecule has 0 atom stereocenters. The number of Topliss-reactive ketones (excluding diaryl/α,β-unsaturated/α-hetero) is 1. The molecule has 1 heterocycles. The number of ketones is 1. The third-order valence-corrected chi connectivity index (χ3v) is 3.14. The maximum absolute atomic E-state index is 11.4. The molecule has 1 aromatic carbocycles. The van der Waals surface area contributed by atoms with Crippen LogP contribution in [0.15, 0.2) is 48.2 Å². The smallest absolute Gasteiger partial charge is 0.177 e. The van der Waals surface area contributed by atoms with Crippen LogP contribution in [0.3, 0.4) is 0 Å². The Hall–Kier alpha value is -2.51. The first kappa shape index (κ1) is 11.6. The van der Waals surface area contributed by atoms with Crippen LogP contribution in [0.25, 0.3) is 16.6 Å². The Morgan fingerprint density at radius 1 is 1.37 bits per heavy atom. The van der Waals surface area contributed by atoms with E-state index in [9.17, 15) is 4.79 Å². The van der Waals surface area contributed by atoms with Crippen LogP contribution in [0.5, 0.6) is 0 Å². The van der Waals surface area contributed by atoms with E-state index in [0.717, 1.165) is 22.2 Å². The Morgan fingerprint density at radius 2 is 2.21 bits per heavy atom. The first-order chi connectivity index (χ1) is 9.15. The quantitative estimate of drug-likeness (QED) is 0.604. The average molecular weight is 249 g/mol. The minimum absolute atomic E-state index is 0.0681. The Kier molecular flexibility index (Phi) is 2.62. The van der Waals surface area contributed by atoms with Gasteiger partial charge in [0.2, 0.25) is 0 Å². The maximum Gasteiger partial charge on any atom is 0.177 e. The highest BCUT2D eigenvalue weighted by Gasteiger charge is 2.14. The van der Waals surface area contributed by atoms with Gasteiger partial charge >= 0.3 is 0 Å². The Morgan fingerprint density at radius 3 is 2.95 bits per heavy atom. The largest absolute Gasteiger partial charge is 0.295 e. The minimum Gasteiger partial charge on any atom is -0.295 e. The summed E-state index contributed by atoms with van der Waals surface area (Å²) in [4.78, 5) is 11.4. The van der Waals surface area contributed by atoms with Crippen LogP contribution in [0.2, 0.25) is 0 Å². The van der Waals surface area contributed by atoms with E-state index in [1.54, 1.807) is 13.1 Å². The van der Waals surface area contributed by atoms with Gasteiger partial charge in [0.1, 0.15) is 12.2 Å². The van der Waals surface area contributed by atoms with E-state index in [1.165, 1.54) is 0 Å². The lowest BCUT2D eigenvalue weighted by atomic mass is 10.1. The second kappa shape index (κ2) is 4.30. The molecule has 0 spiro atoms. The van der Waals surface area contributed by atoms with E-state index in [2.05, 4.69) is 17.3 Å². The van der Waals surface area contributed by atoms with Gasteiger partial charge in [-0.2, -0.15) is 9.78 Å². The van der Waals surface area contributed by atoms with E-state index < -0.39 is 0 Å². The van der Waals surface area contributed by atoms with Crippen LogP contribution < -0.4 is 0 Å². The van der Waals surface area contributed by atoms with Crippen LogP contribution in [-0.2, 0) is 0 Å². The van der Waals surface area contributed by atoms with E-state index in [0.29, 0.717) is 5.56 Å². The minimum atomic E-state index is 0.0681. The molecule has 0 bridgehead atoms. The van der Waals surface area contributed by atoms with Gasteiger partial charge in [-0.05, 0) is 25.1 Å². The van der Waals surface area contributed by atoms with Crippen LogP contribution in [0.1, 0.15) is 24.2 Å². The molecule has 0 aliphatic heterocycles. The number of fused-ring (bicyclic) bond motifs is 1. The van der Waals surface area contributed by atoms with E-state index >= 15 is 0 Å². The summed E-state index contributed by atoms with van der Waals surface area (Å²) in [5.74, 6) is 0.0681. The molecule has 0 fully saturated rings. The van der Waals surface area contributed by atoms with Gasteiger partial charge in [-0.25, -0.2) is 0 Å². The summed E-state index contributed by atoms with van der Waals surface area (Å²) in [7, 11) is 0. The predicted molar refractivity (Wildman–Crippen MR) is 75.6 cm³/mol. The zero-order chi connectivity index (χ0) is 13.4. The van der Waals surface area contributed by atoms with Crippen molar-refractivity contribution in [2.24, 2.45) is 0 Å². The molecule has 2 aromatic rings. The van der Waals surface area contributed by atoms with Gasteiger partial charge in [-0.15, -0.1) is 0 Å². The van der Waals surface area contributed by atoms with Crippen molar-refractivity contribution in [3.8, 4) is 0 Å². The molecular formula is C16H13N2O+. The second-order valence-electron chi connectivity index (χ2n) is 4.65. The first-order valence-corrected chi connectivity index (χ1v) is 6.12. The Balaban J connectivity index is 2.14. The molecule has 3 nitrogen and oxygen atoms in total. The molecule has 3 heteroatoms. The second-order valence-corrected chi connectivity index (χ2v) is 4.65. The number of hydrogen-bond acceptors (Lipinski definition) is 2. The Labute approximate surface area is 111 Å². The summed E-state index contributed by atoms with van der Waals surface area (Å²) in [5, 5.41) is 5.36. The molecule has 0 unspecified atom stereocenters. The third-order valence-electron chi connectivity index (χ3n) is 3.14. The van der Waals surface area contributed by atoms with Gasteiger partial charge in [0.15, 0.2) is 11.5 Å². The summed E-state index contributed by atoms with van der Waals surface area (Å²) < 4.78 is 1.86. The summed E-state index contributed by atoms with van der Waals surface area (Å²) in [6.45, 7) is 3.60. The van der Waals surface area contributed by atoms with E-state index in [-0.39, 0.29) is 5.78 Å². The number of aromatic nitrogens is 2. The number of rotatable bonds is 2. The molecule has 0 N–H and O–H groups in total. The van der Waals surface area contributed by atoms with Crippen LogP contribution >= 0.6 is 0 Å². The molecule has 0 radical (unpaired) electrons. The van der Waals surface area contributed by atoms with Gasteiger partial charge in [-0.1, -0.05) is 0 Å². The highest BCUT2D eigenvalue weighted by molar-refractivity contribution is 5.98. The molecule has 1 aliphatic rings. The number of nitrogens with zero attached hydrogens (tertiary/aromatic N) is 2. The molecular weight excluding hydrogens is 236 g/mol. The topological polar surface area (TPSA) is 34.9 Å². The number of allylic oxidation sites excluding steroid dienone is 6. The van der Waals surface area contributed by atoms with Crippen LogP contribution in [-0.4, -0.2) is 15.6 Å². The van der Waals surface area contributed by atoms with Gasteiger partial charge in [-0.3, -0.25) is 4.79 Å². The maximum atomic E-state index is 11.4. The van der Waals surface area contributed by atoms with Crippen molar-refractivity contribution in [1.29, 1.82) is 0 Å². The fourth-order valence-electron chi connectivity index (χ4n) is 2.16. The van der Waals surface area contributed by atoms with Crippen molar-refractivity contribution in [2.45, 2.75) is 13.8 Å². The Bertz CT molecular complexity index is 760. The van der Waals surface area contributed by atoms with E-state index in [1.807, 2.05) is 42.0 Å². The van der Waals surface area contributed by atoms with E-state index in [4.69, 9.17) is 0 Å². The summed E-state index contributed by atoms with van der Waals surface area (Å²) in [6.07, 6.45) is 10.8. The fraction of sp³-hybridized carbons (Fsp3) is 0.125. The highest BCUT2D eigenvalue weighted by atomic mass is 16.1. The van der Waals surface area contributed by atoms with Crippen molar-refractivity contribution >= 4 is 22.4 Å². The first-order valence-electron chi connectivity index (χ1n) is 6.12. The van der Waals surface area contributed by atoms with Gasteiger partial charge < -0.3 is 0 Å². The lowest BCUT2D eigenvalue weighted by Crippen LogP contribution is -1.99. The van der Waals surface area contributed by atoms with Crippen LogP contribution in [0, 0.1) is 6.08 Å². The van der Waals surface area contributed by atoms with Gasteiger partial charge in [0.25, 0.3) is 0 Å². The predicted octanol–water partition coefficient (Wildman–Crippen LogP) is 3.40. The van der Waals surface area contributed by atoms with Crippen molar-refractivity contribution < 1.29 is 4.79 Å². The third kappa shape index (κ3) is 2.01. The zero-order valence-electron chi connectivity index (χ0n) is 10.8. The number of carbonyl (C=O) groups is 1. The van der Waals surface area contributed by atoms with Crippen molar-refractivity contribution in [1.82, 2.24) is 9.78 Å². The summed E-state index contributed by atoms with van der Waals surface area (Å²) >= 11 is 0. The lowest BCUT2D eigenvalue weighted by molar-refractivity contribution is 0.101. The lowest BCUT2D eigenvalue weighted by Gasteiger charge is -2.01. The highest BCUT2D eigenvalue weighted by Crippen LogP contribution is 2.22. The number of carbonyl (C=O) groups excluding carboxylic acids is 1. The van der Waals surface area contributed by atoms with Crippen molar-refractivity contribution in [3.05, 3.63) is 59.8 Å². The monoisotopic (exact) mass is 249 g/mol. The van der Waals surface area contributed by atoms with Crippen molar-refractivity contribution in [2.75, 3.05) is 0 Å². The molecule has 0 amide bonds. The van der Waals surface area contributed by atoms with Crippen molar-refractivity contribution in [3.63, 3.8) is 0 Å². The summed E-state index contributed by atoms with van der Waals surface area (Å²) in [6, 6.07) is 5.64. The molecule has 92 valence electrons. The average Bonchev–Trinajstić information content (AvgIpc) is 2.81. The molecule has 19 heavy (non-hydrogen) atoms. The SMILES string of the molecule is CC(=O)c1ccc2c(cnn2C2=C[C+]=CC(C)=C2)c1. The summed E-state index contributed by atoms with van der Waals surface area (Å²) in [5.41, 5.74) is 3.82. The molecule has 1 aliphatic carbocycles. The molecule has 0 saturated carbocycles. The number of hydrogen-bond donors (Lipinski definition) is 0. The van der Waals surface area contributed by atoms with Gasteiger partial charge in [0, 0.05) is 23.9 Å². The number of benzene rings is 1. The van der Waals surface area contributed by atoms with Gasteiger partial charge in [0.05, 0.1) is 23.4 Å².